The molecule has 1 atom stereocenters. The van der Waals surface area contributed by atoms with E-state index in [2.05, 4.69) is 19.2 Å². The average Bonchev–Trinajstić information content (AvgIpc) is 3.02. The standard InChI is InChI=1S/C38H43Cl2N3O4S/c1-26(2)29-15-18-32(19-16-29)43(48(46,47)33-20-12-27(3)13-21-33)25-36(44)42(24-30-14-17-31(39)23-34(30)40)35(37(45)41-38(4,5)6)22-28-10-8-7-9-11-28/h7-21,23,26,35H,22,24-25H2,1-6H3,(H,41,45)/t35-/m1/s1. The fourth-order valence-electron chi connectivity index (χ4n) is 5.23. The largest absolute Gasteiger partial charge is 0.350 e. The number of nitrogens with zero attached hydrogens (tertiary/aromatic N) is 2. The molecule has 1 N–H and O–H groups in total. The second kappa shape index (κ2) is 15.6. The van der Waals surface area contributed by atoms with Crippen molar-refractivity contribution in [2.24, 2.45) is 0 Å². The van der Waals surface area contributed by atoms with E-state index in [0.29, 0.717) is 21.3 Å². The SMILES string of the molecule is Cc1ccc(S(=O)(=O)N(CC(=O)N(Cc2ccc(Cl)cc2Cl)[C@H](Cc2ccccc2)C(=O)NC(C)(C)C)c2ccc(C(C)C)cc2)cc1. The molecule has 4 aromatic carbocycles. The molecule has 0 aliphatic rings. The maximum Gasteiger partial charge on any atom is 0.264 e. The van der Waals surface area contributed by atoms with Crippen molar-refractivity contribution in [2.45, 2.75) is 76.9 Å². The molecule has 4 aromatic rings. The maximum atomic E-state index is 14.7. The van der Waals surface area contributed by atoms with E-state index < -0.39 is 34.1 Å². The molecule has 0 heterocycles. The number of benzene rings is 4. The summed E-state index contributed by atoms with van der Waals surface area (Å²) in [5, 5.41) is 3.78. The molecule has 4 rings (SSSR count). The molecular formula is C38H43Cl2N3O4S. The van der Waals surface area contributed by atoms with Crippen molar-refractivity contribution in [3.63, 3.8) is 0 Å². The molecule has 2 amide bonds. The van der Waals surface area contributed by atoms with Gasteiger partial charge in [-0.1, -0.05) is 103 Å². The minimum absolute atomic E-state index is 0.0486. The second-order valence-corrected chi connectivity index (χ2v) is 16.0. The molecule has 0 saturated heterocycles. The highest BCUT2D eigenvalue weighted by molar-refractivity contribution is 7.92. The third-order valence-corrected chi connectivity index (χ3v) is 10.2. The van der Waals surface area contributed by atoms with Crippen LogP contribution in [-0.2, 0) is 32.6 Å². The lowest BCUT2D eigenvalue weighted by Gasteiger charge is -2.35. The molecular weight excluding hydrogens is 665 g/mol. The third-order valence-electron chi connectivity index (χ3n) is 7.86. The first-order valence-corrected chi connectivity index (χ1v) is 18.0. The number of nitrogens with one attached hydrogen (secondary N) is 1. The van der Waals surface area contributed by atoms with Gasteiger partial charge in [-0.15, -0.1) is 0 Å². The predicted molar refractivity (Wildman–Crippen MR) is 195 cm³/mol. The Labute approximate surface area is 294 Å². The highest BCUT2D eigenvalue weighted by Crippen LogP contribution is 2.29. The van der Waals surface area contributed by atoms with Crippen molar-refractivity contribution >= 4 is 50.7 Å². The van der Waals surface area contributed by atoms with E-state index in [4.69, 9.17) is 23.2 Å². The summed E-state index contributed by atoms with van der Waals surface area (Å²) in [4.78, 5) is 30.2. The van der Waals surface area contributed by atoms with Gasteiger partial charge in [-0.25, -0.2) is 8.42 Å². The van der Waals surface area contributed by atoms with Gasteiger partial charge in [0.05, 0.1) is 10.6 Å². The highest BCUT2D eigenvalue weighted by atomic mass is 35.5. The Morgan fingerprint density at radius 1 is 0.854 bits per heavy atom. The van der Waals surface area contributed by atoms with Crippen molar-refractivity contribution < 1.29 is 18.0 Å². The zero-order valence-electron chi connectivity index (χ0n) is 28.2. The smallest absolute Gasteiger partial charge is 0.264 e. The number of hydrogen-bond acceptors (Lipinski definition) is 4. The zero-order valence-corrected chi connectivity index (χ0v) is 30.5. The molecule has 0 aromatic heterocycles. The number of rotatable bonds is 12. The number of carbonyl (C=O) groups excluding carboxylic acids is 2. The van der Waals surface area contributed by atoms with E-state index in [1.807, 2.05) is 70.2 Å². The summed E-state index contributed by atoms with van der Waals surface area (Å²) in [6.45, 7) is 10.9. The quantitative estimate of drug-likeness (QED) is 0.161. The predicted octanol–water partition coefficient (Wildman–Crippen LogP) is 8.18. The van der Waals surface area contributed by atoms with Crippen LogP contribution in [0.4, 0.5) is 5.69 Å². The van der Waals surface area contributed by atoms with Gasteiger partial charge in [-0.3, -0.25) is 13.9 Å². The minimum atomic E-state index is -4.21. The van der Waals surface area contributed by atoms with Gasteiger partial charge >= 0.3 is 0 Å². The molecule has 7 nitrogen and oxygen atoms in total. The lowest BCUT2D eigenvalue weighted by molar-refractivity contribution is -0.140. The molecule has 0 unspecified atom stereocenters. The first-order valence-electron chi connectivity index (χ1n) is 15.8. The molecule has 0 saturated carbocycles. The summed E-state index contributed by atoms with van der Waals surface area (Å²) in [6.07, 6.45) is 0.188. The molecule has 10 heteroatoms. The summed E-state index contributed by atoms with van der Waals surface area (Å²) in [6, 6.07) is 27.0. The monoisotopic (exact) mass is 707 g/mol. The lowest BCUT2D eigenvalue weighted by atomic mass is 10.0. The summed E-state index contributed by atoms with van der Waals surface area (Å²) in [5.74, 6) is -0.726. The Bertz CT molecular complexity index is 1820. The van der Waals surface area contributed by atoms with E-state index >= 15 is 0 Å². The van der Waals surface area contributed by atoms with Crippen LogP contribution in [0.25, 0.3) is 0 Å². The molecule has 48 heavy (non-hydrogen) atoms. The molecule has 254 valence electrons. The number of carbonyl (C=O) groups is 2. The van der Waals surface area contributed by atoms with Crippen LogP contribution in [0, 0.1) is 6.92 Å². The van der Waals surface area contributed by atoms with Crippen LogP contribution in [0.5, 0.6) is 0 Å². The Kier molecular flexibility index (Phi) is 12.0. The summed E-state index contributed by atoms with van der Waals surface area (Å²) >= 11 is 12.8. The van der Waals surface area contributed by atoms with Crippen molar-refractivity contribution in [1.29, 1.82) is 0 Å². The normalized spacial score (nSPS) is 12.4. The fourth-order valence-corrected chi connectivity index (χ4v) is 7.11. The molecule has 0 fully saturated rings. The maximum absolute atomic E-state index is 14.7. The Balaban J connectivity index is 1.85. The molecule has 0 aliphatic heterocycles. The highest BCUT2D eigenvalue weighted by Gasteiger charge is 2.36. The Morgan fingerprint density at radius 2 is 1.48 bits per heavy atom. The van der Waals surface area contributed by atoms with Crippen LogP contribution < -0.4 is 9.62 Å². The van der Waals surface area contributed by atoms with Gasteiger partial charge < -0.3 is 10.2 Å². The van der Waals surface area contributed by atoms with Crippen molar-refractivity contribution in [1.82, 2.24) is 10.2 Å². The van der Waals surface area contributed by atoms with E-state index in [0.717, 1.165) is 21.0 Å². The Morgan fingerprint density at radius 3 is 2.04 bits per heavy atom. The minimum Gasteiger partial charge on any atom is -0.350 e. The summed E-state index contributed by atoms with van der Waals surface area (Å²) in [7, 11) is -4.21. The first-order chi connectivity index (χ1) is 22.5. The van der Waals surface area contributed by atoms with Gasteiger partial charge in [0.25, 0.3) is 10.0 Å². The summed E-state index contributed by atoms with van der Waals surface area (Å²) in [5.41, 5.74) is 3.05. The molecule has 0 aliphatic carbocycles. The van der Waals surface area contributed by atoms with Crippen LogP contribution in [-0.4, -0.2) is 43.3 Å². The number of amides is 2. The van der Waals surface area contributed by atoms with Gasteiger partial charge in [0.15, 0.2) is 0 Å². The zero-order chi connectivity index (χ0) is 35.2. The van der Waals surface area contributed by atoms with Gasteiger partial charge in [0, 0.05) is 28.5 Å². The van der Waals surface area contributed by atoms with E-state index in [-0.39, 0.29) is 29.7 Å². The number of aryl methyl sites for hydroxylation is 1. The Hall–Kier alpha value is -3.85. The topological polar surface area (TPSA) is 86.8 Å². The van der Waals surface area contributed by atoms with Crippen LogP contribution >= 0.6 is 23.2 Å². The van der Waals surface area contributed by atoms with Gasteiger partial charge in [-0.2, -0.15) is 0 Å². The van der Waals surface area contributed by atoms with Crippen molar-refractivity contribution in [3.8, 4) is 0 Å². The van der Waals surface area contributed by atoms with Crippen LogP contribution in [0.1, 0.15) is 62.8 Å². The van der Waals surface area contributed by atoms with E-state index in [1.165, 1.54) is 17.0 Å². The average molecular weight is 709 g/mol. The van der Waals surface area contributed by atoms with Gasteiger partial charge in [-0.05, 0) is 86.7 Å². The number of halogens is 2. The second-order valence-electron chi connectivity index (χ2n) is 13.3. The van der Waals surface area contributed by atoms with Crippen LogP contribution in [0.2, 0.25) is 10.0 Å². The van der Waals surface area contributed by atoms with Crippen molar-refractivity contribution in [3.05, 3.63) is 129 Å². The third kappa shape index (κ3) is 9.62. The fraction of sp³-hybridized carbons (Fsp3) is 0.316. The van der Waals surface area contributed by atoms with E-state index in [9.17, 15) is 18.0 Å². The number of hydrogen-bond donors (Lipinski definition) is 1. The van der Waals surface area contributed by atoms with Gasteiger partial charge in [0.1, 0.15) is 12.6 Å². The summed E-state index contributed by atoms with van der Waals surface area (Å²) < 4.78 is 29.7. The van der Waals surface area contributed by atoms with Gasteiger partial charge in [0.2, 0.25) is 11.8 Å². The first kappa shape index (κ1) is 37.0. The number of anilines is 1. The molecule has 0 bridgehead atoms. The molecule has 0 spiro atoms. The van der Waals surface area contributed by atoms with Crippen LogP contribution in [0.15, 0.2) is 102 Å². The van der Waals surface area contributed by atoms with E-state index in [1.54, 1.807) is 42.5 Å². The molecule has 0 radical (unpaired) electrons. The van der Waals surface area contributed by atoms with Crippen LogP contribution in [0.3, 0.4) is 0 Å². The lowest BCUT2D eigenvalue weighted by Crippen LogP contribution is -2.56. The number of sulfonamides is 1. The van der Waals surface area contributed by atoms with Crippen molar-refractivity contribution in [2.75, 3.05) is 10.8 Å².